The van der Waals surface area contributed by atoms with Crippen molar-refractivity contribution in [3.05, 3.63) is 30.0 Å². The molecule has 6 heteroatoms. The number of aliphatic hydroxyl groups excluding tert-OH is 1. The third-order valence-electron chi connectivity index (χ3n) is 3.66. The summed E-state index contributed by atoms with van der Waals surface area (Å²) >= 11 is 0. The number of halogens is 2. The average Bonchev–Trinajstić information content (AvgIpc) is 2.87. The van der Waals surface area contributed by atoms with E-state index in [4.69, 9.17) is 9.84 Å². The van der Waals surface area contributed by atoms with Crippen LogP contribution in [0.2, 0.25) is 0 Å². The number of fused-ring (bicyclic) bond motifs is 1. The molecular weight excluding hydrogens is 290 g/mol. The summed E-state index contributed by atoms with van der Waals surface area (Å²) in [7, 11) is 1.61. The molecule has 22 heavy (non-hydrogen) atoms. The number of ether oxygens (including phenoxy) is 1. The van der Waals surface area contributed by atoms with Gasteiger partial charge in [0.1, 0.15) is 12.4 Å². The van der Waals surface area contributed by atoms with Crippen LogP contribution in [0.1, 0.15) is 19.4 Å². The first-order valence-corrected chi connectivity index (χ1v) is 7.14. The predicted molar refractivity (Wildman–Crippen MR) is 82.7 cm³/mol. The third-order valence-corrected chi connectivity index (χ3v) is 3.66. The van der Waals surface area contributed by atoms with Crippen molar-refractivity contribution in [1.82, 2.24) is 10.3 Å². The lowest BCUT2D eigenvalue weighted by Gasteiger charge is -2.28. The van der Waals surface area contributed by atoms with Gasteiger partial charge < -0.3 is 20.1 Å². The summed E-state index contributed by atoms with van der Waals surface area (Å²) in [6, 6.07) is 5.73. The molecule has 0 saturated carbocycles. The van der Waals surface area contributed by atoms with Crippen LogP contribution in [0.5, 0.6) is 5.75 Å². The summed E-state index contributed by atoms with van der Waals surface area (Å²) in [5.41, 5.74) is 1.47. The van der Waals surface area contributed by atoms with Crippen LogP contribution in [0.15, 0.2) is 24.4 Å². The molecule has 122 valence electrons. The van der Waals surface area contributed by atoms with E-state index >= 15 is 0 Å². The summed E-state index contributed by atoms with van der Waals surface area (Å²) in [6.45, 7) is 2.02. The van der Waals surface area contributed by atoms with E-state index < -0.39 is 24.6 Å². The van der Waals surface area contributed by atoms with Crippen molar-refractivity contribution < 1.29 is 18.6 Å². The lowest BCUT2D eigenvalue weighted by Crippen LogP contribution is -2.48. The molecule has 1 heterocycles. The largest absolute Gasteiger partial charge is 0.497 e. The molecule has 0 radical (unpaired) electrons. The summed E-state index contributed by atoms with van der Waals surface area (Å²) in [6.07, 6.45) is 2.46. The highest BCUT2D eigenvalue weighted by molar-refractivity contribution is 5.84. The van der Waals surface area contributed by atoms with Crippen LogP contribution in [0, 0.1) is 0 Å². The van der Waals surface area contributed by atoms with Gasteiger partial charge in [-0.2, -0.15) is 0 Å². The highest BCUT2D eigenvalue weighted by Gasteiger charge is 2.31. The van der Waals surface area contributed by atoms with E-state index in [1.807, 2.05) is 38.2 Å². The standard InChI is InChI=1S/C16H22F2N2O2/c1-15(2,20-9-16(17,18)10-21)7-11-8-19-14-5-4-12(22-3)6-13(11)14/h4-6,8,19-21H,7,9-10H2,1-3H3. The zero-order chi connectivity index (χ0) is 16.4. The van der Waals surface area contributed by atoms with Gasteiger partial charge in [0.2, 0.25) is 0 Å². The first-order valence-electron chi connectivity index (χ1n) is 7.14. The Labute approximate surface area is 128 Å². The normalized spacial score (nSPS) is 12.8. The number of aromatic nitrogens is 1. The quantitative estimate of drug-likeness (QED) is 0.737. The number of benzene rings is 1. The SMILES string of the molecule is COc1ccc2[nH]cc(CC(C)(C)NCC(F)(F)CO)c2c1. The molecular formula is C16H22F2N2O2. The van der Waals surface area contributed by atoms with Crippen molar-refractivity contribution in [1.29, 1.82) is 0 Å². The van der Waals surface area contributed by atoms with Gasteiger partial charge >= 0.3 is 0 Å². The number of hydrogen-bond donors (Lipinski definition) is 3. The molecule has 1 aromatic carbocycles. The fraction of sp³-hybridized carbons (Fsp3) is 0.500. The van der Waals surface area contributed by atoms with E-state index in [-0.39, 0.29) is 0 Å². The molecule has 0 aliphatic heterocycles. The van der Waals surface area contributed by atoms with E-state index in [1.165, 1.54) is 0 Å². The van der Waals surface area contributed by atoms with Crippen LogP contribution >= 0.6 is 0 Å². The van der Waals surface area contributed by atoms with Gasteiger partial charge in [0.05, 0.1) is 13.7 Å². The van der Waals surface area contributed by atoms with Gasteiger partial charge in [-0.1, -0.05) is 0 Å². The topological polar surface area (TPSA) is 57.3 Å². The Kier molecular flexibility index (Phi) is 4.72. The Balaban J connectivity index is 2.15. The molecule has 0 fully saturated rings. The van der Waals surface area contributed by atoms with Crippen LogP contribution in [0.25, 0.3) is 10.9 Å². The van der Waals surface area contributed by atoms with Crippen molar-refractivity contribution in [3.63, 3.8) is 0 Å². The maximum atomic E-state index is 13.2. The van der Waals surface area contributed by atoms with E-state index in [0.717, 1.165) is 22.2 Å². The highest BCUT2D eigenvalue weighted by atomic mass is 19.3. The van der Waals surface area contributed by atoms with Gasteiger partial charge in [0.25, 0.3) is 5.92 Å². The number of aromatic amines is 1. The summed E-state index contributed by atoms with van der Waals surface area (Å²) in [5.74, 6) is -2.35. The molecule has 0 atom stereocenters. The molecule has 0 unspecified atom stereocenters. The van der Waals surface area contributed by atoms with Gasteiger partial charge in [-0.25, -0.2) is 8.78 Å². The second kappa shape index (κ2) is 6.22. The van der Waals surface area contributed by atoms with Crippen molar-refractivity contribution in [2.75, 3.05) is 20.3 Å². The molecule has 0 saturated heterocycles. The number of aliphatic hydroxyl groups is 1. The molecule has 0 spiro atoms. The average molecular weight is 312 g/mol. The molecule has 4 nitrogen and oxygen atoms in total. The van der Waals surface area contributed by atoms with Crippen molar-refractivity contribution >= 4 is 10.9 Å². The Hall–Kier alpha value is -1.66. The van der Waals surface area contributed by atoms with E-state index in [1.54, 1.807) is 7.11 Å². The van der Waals surface area contributed by atoms with Gasteiger partial charge in [-0.3, -0.25) is 0 Å². The number of nitrogens with one attached hydrogen (secondary N) is 2. The molecule has 1 aromatic heterocycles. The lowest BCUT2D eigenvalue weighted by atomic mass is 9.94. The third kappa shape index (κ3) is 3.96. The number of H-pyrrole nitrogens is 1. The summed E-state index contributed by atoms with van der Waals surface area (Å²) in [4.78, 5) is 3.17. The van der Waals surface area contributed by atoms with Crippen LogP contribution in [0.4, 0.5) is 8.78 Å². The first-order chi connectivity index (χ1) is 10.3. The van der Waals surface area contributed by atoms with Gasteiger partial charge in [-0.05, 0) is 44.0 Å². The minimum absolute atomic E-state index is 0.531. The minimum atomic E-state index is -3.11. The molecule has 3 N–H and O–H groups in total. The lowest BCUT2D eigenvalue weighted by molar-refractivity contribution is -0.0517. The second-order valence-corrected chi connectivity index (χ2v) is 6.15. The zero-order valence-electron chi connectivity index (χ0n) is 13.0. The van der Waals surface area contributed by atoms with Gasteiger partial charge in [-0.15, -0.1) is 0 Å². The fourth-order valence-corrected chi connectivity index (χ4v) is 2.39. The van der Waals surface area contributed by atoms with Gasteiger partial charge in [0.15, 0.2) is 0 Å². The molecule has 2 aromatic rings. The van der Waals surface area contributed by atoms with Crippen LogP contribution in [0.3, 0.4) is 0 Å². The Morgan fingerprint density at radius 2 is 2.05 bits per heavy atom. The second-order valence-electron chi connectivity index (χ2n) is 6.15. The van der Waals surface area contributed by atoms with Crippen LogP contribution in [-0.2, 0) is 6.42 Å². The molecule has 0 aliphatic rings. The van der Waals surface area contributed by atoms with Gasteiger partial charge in [0, 0.05) is 22.6 Å². The molecule has 0 amide bonds. The zero-order valence-corrected chi connectivity index (χ0v) is 13.0. The smallest absolute Gasteiger partial charge is 0.282 e. The van der Waals surface area contributed by atoms with Crippen LogP contribution < -0.4 is 10.1 Å². The molecule has 2 rings (SSSR count). The van der Waals surface area contributed by atoms with Crippen molar-refractivity contribution in [3.8, 4) is 5.75 Å². The monoisotopic (exact) mass is 312 g/mol. The Bertz CT molecular complexity index is 638. The number of alkyl halides is 2. The highest BCUT2D eigenvalue weighted by Crippen LogP contribution is 2.26. The maximum absolute atomic E-state index is 13.2. The Morgan fingerprint density at radius 1 is 1.32 bits per heavy atom. The molecule has 0 bridgehead atoms. The van der Waals surface area contributed by atoms with E-state index in [9.17, 15) is 8.78 Å². The maximum Gasteiger partial charge on any atom is 0.282 e. The fourth-order valence-electron chi connectivity index (χ4n) is 2.39. The molecule has 0 aliphatic carbocycles. The number of hydrogen-bond acceptors (Lipinski definition) is 3. The number of methoxy groups -OCH3 is 1. The van der Waals surface area contributed by atoms with E-state index in [0.29, 0.717) is 6.42 Å². The predicted octanol–water partition coefficient (Wildman–Crippen LogP) is 2.71. The van der Waals surface area contributed by atoms with E-state index in [2.05, 4.69) is 10.3 Å². The minimum Gasteiger partial charge on any atom is -0.497 e. The van der Waals surface area contributed by atoms with Crippen LogP contribution in [-0.4, -0.2) is 41.8 Å². The Morgan fingerprint density at radius 3 is 2.68 bits per heavy atom. The van der Waals surface area contributed by atoms with Crippen molar-refractivity contribution in [2.24, 2.45) is 0 Å². The number of rotatable bonds is 7. The summed E-state index contributed by atoms with van der Waals surface area (Å²) < 4.78 is 31.6. The first kappa shape index (κ1) is 16.7. The van der Waals surface area contributed by atoms with Crippen molar-refractivity contribution in [2.45, 2.75) is 31.7 Å². The summed E-state index contributed by atoms with van der Waals surface area (Å²) in [5, 5.41) is 12.5.